The van der Waals surface area contributed by atoms with E-state index in [9.17, 15) is 9.59 Å². The number of carboxylic acid groups (broad SMARTS) is 2. The molecule has 0 heterocycles. The molecular formula is C13H14O5. The Labute approximate surface area is 104 Å². The van der Waals surface area contributed by atoms with Crippen LogP contribution in [0.15, 0.2) is 29.8 Å². The van der Waals surface area contributed by atoms with Gasteiger partial charge < -0.3 is 14.9 Å². The van der Waals surface area contributed by atoms with Gasteiger partial charge in [-0.05, 0) is 18.6 Å². The van der Waals surface area contributed by atoms with Crippen molar-refractivity contribution in [3.8, 4) is 5.75 Å². The molecule has 5 nitrogen and oxygen atoms in total. The lowest BCUT2D eigenvalue weighted by Gasteiger charge is -2.05. The fourth-order valence-corrected chi connectivity index (χ4v) is 1.46. The second kappa shape index (κ2) is 6.44. The number of aliphatic carboxylic acids is 2. The summed E-state index contributed by atoms with van der Waals surface area (Å²) in [6.45, 7) is 0. The van der Waals surface area contributed by atoms with Crippen molar-refractivity contribution in [2.75, 3.05) is 7.11 Å². The van der Waals surface area contributed by atoms with E-state index in [0.29, 0.717) is 11.3 Å². The van der Waals surface area contributed by atoms with Gasteiger partial charge in [-0.2, -0.15) is 0 Å². The van der Waals surface area contributed by atoms with E-state index in [1.165, 1.54) is 13.2 Å². The summed E-state index contributed by atoms with van der Waals surface area (Å²) in [5.41, 5.74) is 0.657. The Morgan fingerprint density at radius 2 is 1.89 bits per heavy atom. The zero-order valence-electron chi connectivity index (χ0n) is 9.92. The van der Waals surface area contributed by atoms with Gasteiger partial charge in [0.25, 0.3) is 0 Å². The Balaban J connectivity index is 3.00. The minimum absolute atomic E-state index is 0.0251. The van der Waals surface area contributed by atoms with Crippen LogP contribution in [0.5, 0.6) is 5.75 Å². The SMILES string of the molecule is COc1ccccc1/C=C(\CCC(=O)O)C(=O)O. The maximum atomic E-state index is 11.0. The van der Waals surface area contributed by atoms with E-state index in [0.717, 1.165) is 0 Å². The predicted octanol–water partition coefficient (Wildman–Crippen LogP) is 2.03. The lowest BCUT2D eigenvalue weighted by molar-refractivity contribution is -0.137. The number of carboxylic acids is 2. The third-order valence-electron chi connectivity index (χ3n) is 2.35. The fraction of sp³-hybridized carbons (Fsp3) is 0.231. The molecule has 0 saturated carbocycles. The number of rotatable bonds is 6. The van der Waals surface area contributed by atoms with Gasteiger partial charge in [0.2, 0.25) is 0 Å². The van der Waals surface area contributed by atoms with Crippen LogP contribution in [0, 0.1) is 0 Å². The molecule has 0 bridgehead atoms. The van der Waals surface area contributed by atoms with Crippen LogP contribution >= 0.6 is 0 Å². The first kappa shape index (κ1) is 13.8. The number of methoxy groups -OCH3 is 1. The summed E-state index contributed by atoms with van der Waals surface area (Å²) in [6, 6.07) is 6.95. The molecule has 0 aliphatic heterocycles. The van der Waals surface area contributed by atoms with Gasteiger partial charge in [0.1, 0.15) is 5.75 Å². The largest absolute Gasteiger partial charge is 0.496 e. The summed E-state index contributed by atoms with van der Waals surface area (Å²) >= 11 is 0. The summed E-state index contributed by atoms with van der Waals surface area (Å²) in [4.78, 5) is 21.5. The molecule has 0 radical (unpaired) electrons. The molecule has 5 heteroatoms. The van der Waals surface area contributed by atoms with Gasteiger partial charge in [-0.25, -0.2) is 4.79 Å². The first-order valence-corrected chi connectivity index (χ1v) is 5.33. The minimum atomic E-state index is -1.12. The Bertz CT molecular complexity index is 476. The van der Waals surface area contributed by atoms with E-state index in [2.05, 4.69) is 0 Å². The molecule has 1 aromatic rings. The summed E-state index contributed by atoms with van der Waals surface area (Å²) in [6.07, 6.45) is 1.19. The van der Waals surface area contributed by atoms with Crippen molar-refractivity contribution >= 4 is 18.0 Å². The van der Waals surface area contributed by atoms with Crippen molar-refractivity contribution in [2.45, 2.75) is 12.8 Å². The smallest absolute Gasteiger partial charge is 0.331 e. The first-order valence-electron chi connectivity index (χ1n) is 5.33. The highest BCUT2D eigenvalue weighted by atomic mass is 16.5. The van der Waals surface area contributed by atoms with Gasteiger partial charge in [-0.1, -0.05) is 18.2 Å². The molecule has 0 atom stereocenters. The molecule has 0 amide bonds. The van der Waals surface area contributed by atoms with Gasteiger partial charge in [-0.15, -0.1) is 0 Å². The predicted molar refractivity (Wildman–Crippen MR) is 65.5 cm³/mol. The Hall–Kier alpha value is -2.30. The van der Waals surface area contributed by atoms with Crippen LogP contribution in [0.25, 0.3) is 6.08 Å². The van der Waals surface area contributed by atoms with Gasteiger partial charge in [0.05, 0.1) is 7.11 Å². The normalized spacial score (nSPS) is 11.1. The Morgan fingerprint density at radius 3 is 2.44 bits per heavy atom. The molecule has 96 valence electrons. The fourth-order valence-electron chi connectivity index (χ4n) is 1.46. The third kappa shape index (κ3) is 3.93. The molecule has 0 unspecified atom stereocenters. The van der Waals surface area contributed by atoms with Crippen molar-refractivity contribution < 1.29 is 24.5 Å². The molecule has 0 saturated heterocycles. The molecule has 1 rings (SSSR count). The molecule has 0 aliphatic rings. The third-order valence-corrected chi connectivity index (χ3v) is 2.35. The maximum absolute atomic E-state index is 11.0. The molecule has 0 fully saturated rings. The topological polar surface area (TPSA) is 83.8 Å². The quantitative estimate of drug-likeness (QED) is 0.755. The summed E-state index contributed by atoms with van der Waals surface area (Å²) < 4.78 is 5.10. The van der Waals surface area contributed by atoms with Crippen LogP contribution in [0.4, 0.5) is 0 Å². The Kier molecular flexibility index (Phi) is 4.92. The number of hydrogen-bond donors (Lipinski definition) is 2. The van der Waals surface area contributed by atoms with E-state index in [-0.39, 0.29) is 18.4 Å². The molecular weight excluding hydrogens is 236 g/mol. The molecule has 0 aliphatic carbocycles. The van der Waals surface area contributed by atoms with Gasteiger partial charge >= 0.3 is 11.9 Å². The number of carbonyl (C=O) groups is 2. The van der Waals surface area contributed by atoms with E-state index >= 15 is 0 Å². The van der Waals surface area contributed by atoms with Gasteiger partial charge in [0.15, 0.2) is 0 Å². The van der Waals surface area contributed by atoms with E-state index in [4.69, 9.17) is 14.9 Å². The summed E-state index contributed by atoms with van der Waals surface area (Å²) in [5, 5.41) is 17.6. The second-order valence-corrected chi connectivity index (χ2v) is 3.61. The molecule has 1 aromatic carbocycles. The zero-order chi connectivity index (χ0) is 13.5. The number of para-hydroxylation sites is 1. The molecule has 0 aromatic heterocycles. The summed E-state index contributed by atoms with van der Waals surface area (Å²) in [7, 11) is 1.49. The summed E-state index contributed by atoms with van der Waals surface area (Å²) in [5.74, 6) is -1.60. The van der Waals surface area contributed by atoms with Crippen LogP contribution in [-0.4, -0.2) is 29.3 Å². The van der Waals surface area contributed by atoms with Crippen molar-refractivity contribution in [2.24, 2.45) is 0 Å². The molecule has 2 N–H and O–H groups in total. The van der Waals surface area contributed by atoms with Crippen molar-refractivity contribution in [3.63, 3.8) is 0 Å². The highest BCUT2D eigenvalue weighted by Crippen LogP contribution is 2.21. The Morgan fingerprint density at radius 1 is 1.22 bits per heavy atom. The number of hydrogen-bond acceptors (Lipinski definition) is 3. The maximum Gasteiger partial charge on any atom is 0.331 e. The van der Waals surface area contributed by atoms with Gasteiger partial charge in [0, 0.05) is 17.6 Å². The standard InChI is InChI=1S/C13H14O5/c1-18-11-5-3-2-4-9(11)8-10(13(16)17)6-7-12(14)15/h2-5,8H,6-7H2,1H3,(H,14,15)(H,16,17)/b10-8+. The van der Waals surface area contributed by atoms with Crippen LogP contribution in [0.3, 0.4) is 0 Å². The zero-order valence-corrected chi connectivity index (χ0v) is 9.92. The van der Waals surface area contributed by atoms with Crippen molar-refractivity contribution in [1.29, 1.82) is 0 Å². The van der Waals surface area contributed by atoms with Crippen molar-refractivity contribution in [3.05, 3.63) is 35.4 Å². The van der Waals surface area contributed by atoms with Crippen molar-refractivity contribution in [1.82, 2.24) is 0 Å². The molecule has 18 heavy (non-hydrogen) atoms. The van der Waals surface area contributed by atoms with E-state index < -0.39 is 11.9 Å². The lowest BCUT2D eigenvalue weighted by atomic mass is 10.1. The van der Waals surface area contributed by atoms with Crippen LogP contribution in [0.2, 0.25) is 0 Å². The number of benzene rings is 1. The number of ether oxygens (including phenoxy) is 1. The van der Waals surface area contributed by atoms with Crippen LogP contribution in [-0.2, 0) is 9.59 Å². The lowest BCUT2D eigenvalue weighted by Crippen LogP contribution is -2.04. The average molecular weight is 250 g/mol. The minimum Gasteiger partial charge on any atom is -0.496 e. The second-order valence-electron chi connectivity index (χ2n) is 3.61. The highest BCUT2D eigenvalue weighted by Gasteiger charge is 2.11. The first-order chi connectivity index (χ1) is 8.54. The van der Waals surface area contributed by atoms with Crippen LogP contribution in [0.1, 0.15) is 18.4 Å². The monoisotopic (exact) mass is 250 g/mol. The van der Waals surface area contributed by atoms with E-state index in [1.54, 1.807) is 24.3 Å². The highest BCUT2D eigenvalue weighted by molar-refractivity contribution is 5.93. The van der Waals surface area contributed by atoms with Gasteiger partial charge in [-0.3, -0.25) is 4.79 Å². The average Bonchev–Trinajstić information content (AvgIpc) is 2.34. The molecule has 0 spiro atoms. The van der Waals surface area contributed by atoms with E-state index in [1.807, 2.05) is 0 Å². The van der Waals surface area contributed by atoms with Crippen LogP contribution < -0.4 is 4.74 Å².